The SMILES string of the molecule is OCC(NCC(F)(F)F)c1cc(Cl)ccc1Br. The van der Waals surface area contributed by atoms with Gasteiger partial charge in [-0.1, -0.05) is 27.5 Å². The van der Waals surface area contributed by atoms with Gasteiger partial charge in [-0.25, -0.2) is 0 Å². The Morgan fingerprint density at radius 2 is 2.06 bits per heavy atom. The predicted octanol–water partition coefficient (Wildman–Crippen LogP) is 3.29. The summed E-state index contributed by atoms with van der Waals surface area (Å²) in [5.74, 6) is 0. The van der Waals surface area contributed by atoms with E-state index in [2.05, 4.69) is 21.2 Å². The maximum Gasteiger partial charge on any atom is 0.401 e. The zero-order valence-electron chi connectivity index (χ0n) is 8.56. The van der Waals surface area contributed by atoms with Gasteiger partial charge in [0.15, 0.2) is 0 Å². The number of rotatable bonds is 4. The van der Waals surface area contributed by atoms with Crippen LogP contribution in [0.5, 0.6) is 0 Å². The first-order valence-electron chi connectivity index (χ1n) is 4.69. The van der Waals surface area contributed by atoms with Crippen molar-refractivity contribution in [2.75, 3.05) is 13.2 Å². The Labute approximate surface area is 110 Å². The average Bonchev–Trinajstić information content (AvgIpc) is 2.22. The lowest BCUT2D eigenvalue weighted by molar-refractivity contribution is -0.126. The standard InChI is InChI=1S/C10H10BrClF3NO/c11-8-2-1-6(12)3-7(8)9(4-17)16-5-10(13,14)15/h1-3,9,16-17H,4-5H2. The fraction of sp³-hybridized carbons (Fsp3) is 0.400. The molecule has 0 saturated heterocycles. The molecule has 0 aliphatic rings. The number of nitrogens with one attached hydrogen (secondary N) is 1. The molecule has 0 bridgehead atoms. The number of aliphatic hydroxyl groups excluding tert-OH is 1. The lowest BCUT2D eigenvalue weighted by Crippen LogP contribution is -2.33. The van der Waals surface area contributed by atoms with Gasteiger partial charge in [0.25, 0.3) is 0 Å². The molecule has 2 nitrogen and oxygen atoms in total. The van der Waals surface area contributed by atoms with Crippen LogP contribution in [0.15, 0.2) is 22.7 Å². The zero-order chi connectivity index (χ0) is 13.1. The van der Waals surface area contributed by atoms with E-state index in [9.17, 15) is 13.2 Å². The highest BCUT2D eigenvalue weighted by Crippen LogP contribution is 2.27. The molecule has 0 aromatic heterocycles. The topological polar surface area (TPSA) is 32.3 Å². The van der Waals surface area contributed by atoms with Crippen LogP contribution in [0, 0.1) is 0 Å². The summed E-state index contributed by atoms with van der Waals surface area (Å²) < 4.78 is 36.8. The lowest BCUT2D eigenvalue weighted by Gasteiger charge is -2.19. The fourth-order valence-corrected chi connectivity index (χ4v) is 2.00. The van der Waals surface area contributed by atoms with Crippen molar-refractivity contribution in [3.05, 3.63) is 33.3 Å². The van der Waals surface area contributed by atoms with Gasteiger partial charge in [-0.15, -0.1) is 0 Å². The number of alkyl halides is 3. The van der Waals surface area contributed by atoms with Gasteiger partial charge in [-0.3, -0.25) is 5.32 Å². The molecule has 0 radical (unpaired) electrons. The summed E-state index contributed by atoms with van der Waals surface area (Å²) in [6, 6.07) is 3.92. The molecule has 7 heteroatoms. The number of benzene rings is 1. The molecule has 2 N–H and O–H groups in total. The second kappa shape index (κ2) is 6.04. The van der Waals surface area contributed by atoms with E-state index in [1.807, 2.05) is 0 Å². The van der Waals surface area contributed by atoms with Crippen molar-refractivity contribution in [2.45, 2.75) is 12.2 Å². The molecule has 96 valence electrons. The summed E-state index contributed by atoms with van der Waals surface area (Å²) in [6.07, 6.45) is -4.32. The molecule has 0 heterocycles. The van der Waals surface area contributed by atoms with Crippen LogP contribution in [0.25, 0.3) is 0 Å². The van der Waals surface area contributed by atoms with Crippen LogP contribution in [0.4, 0.5) is 13.2 Å². The van der Waals surface area contributed by atoms with E-state index < -0.39 is 25.4 Å². The zero-order valence-corrected chi connectivity index (χ0v) is 10.9. The van der Waals surface area contributed by atoms with Crippen LogP contribution in [0.2, 0.25) is 5.02 Å². The summed E-state index contributed by atoms with van der Waals surface area (Å²) in [4.78, 5) is 0. The molecule has 0 aliphatic carbocycles. The second-order valence-corrected chi connectivity index (χ2v) is 4.69. The van der Waals surface area contributed by atoms with Crippen molar-refractivity contribution in [1.29, 1.82) is 0 Å². The van der Waals surface area contributed by atoms with Crippen LogP contribution >= 0.6 is 27.5 Å². The van der Waals surface area contributed by atoms with E-state index in [-0.39, 0.29) is 0 Å². The van der Waals surface area contributed by atoms with Crippen molar-refractivity contribution in [3.63, 3.8) is 0 Å². The summed E-state index contributed by atoms with van der Waals surface area (Å²) in [7, 11) is 0. The Balaban J connectivity index is 2.82. The Kier molecular flexibility index (Phi) is 5.24. The summed E-state index contributed by atoms with van der Waals surface area (Å²) >= 11 is 8.96. The maximum absolute atomic E-state index is 12.1. The highest BCUT2D eigenvalue weighted by atomic mass is 79.9. The molecule has 1 aromatic carbocycles. The molecule has 0 fully saturated rings. The van der Waals surface area contributed by atoms with Crippen LogP contribution in [-0.4, -0.2) is 24.4 Å². The third kappa shape index (κ3) is 4.83. The van der Waals surface area contributed by atoms with Gasteiger partial charge in [-0.2, -0.15) is 13.2 Å². The van der Waals surface area contributed by atoms with Gasteiger partial charge in [-0.05, 0) is 23.8 Å². The molecule has 0 amide bonds. The normalized spacial score (nSPS) is 13.8. The minimum atomic E-state index is -4.32. The van der Waals surface area contributed by atoms with E-state index in [0.29, 0.717) is 15.1 Å². The molecule has 1 aromatic rings. The Bertz CT molecular complexity index is 386. The van der Waals surface area contributed by atoms with Gasteiger partial charge in [0.1, 0.15) is 0 Å². The van der Waals surface area contributed by atoms with Gasteiger partial charge in [0, 0.05) is 9.50 Å². The molecule has 1 atom stereocenters. The highest BCUT2D eigenvalue weighted by molar-refractivity contribution is 9.10. The minimum absolute atomic E-state index is 0.399. The molecule has 0 aliphatic heterocycles. The third-order valence-electron chi connectivity index (χ3n) is 2.06. The van der Waals surface area contributed by atoms with E-state index in [1.54, 1.807) is 12.1 Å². The van der Waals surface area contributed by atoms with Gasteiger partial charge in [0.2, 0.25) is 0 Å². The lowest BCUT2D eigenvalue weighted by atomic mass is 10.1. The number of aliphatic hydroxyl groups is 1. The van der Waals surface area contributed by atoms with Gasteiger partial charge in [0.05, 0.1) is 19.2 Å². The van der Waals surface area contributed by atoms with E-state index >= 15 is 0 Å². The number of hydrogen-bond donors (Lipinski definition) is 2. The number of hydrogen-bond acceptors (Lipinski definition) is 2. The minimum Gasteiger partial charge on any atom is -0.394 e. The first-order chi connectivity index (χ1) is 7.83. The smallest absolute Gasteiger partial charge is 0.394 e. The molecule has 1 unspecified atom stereocenters. The Hall–Kier alpha value is -0.300. The van der Waals surface area contributed by atoms with Crippen molar-refractivity contribution >= 4 is 27.5 Å². The third-order valence-corrected chi connectivity index (χ3v) is 3.02. The van der Waals surface area contributed by atoms with E-state index in [1.165, 1.54) is 6.07 Å². The first-order valence-corrected chi connectivity index (χ1v) is 5.86. The fourth-order valence-electron chi connectivity index (χ4n) is 1.29. The predicted molar refractivity (Wildman–Crippen MR) is 63.0 cm³/mol. The molecule has 0 spiro atoms. The van der Waals surface area contributed by atoms with Crippen molar-refractivity contribution in [1.82, 2.24) is 5.32 Å². The summed E-state index contributed by atoms with van der Waals surface area (Å²) in [5, 5.41) is 11.7. The van der Waals surface area contributed by atoms with Gasteiger partial charge < -0.3 is 5.11 Å². The van der Waals surface area contributed by atoms with Crippen molar-refractivity contribution in [2.24, 2.45) is 0 Å². The monoisotopic (exact) mass is 331 g/mol. The van der Waals surface area contributed by atoms with Crippen molar-refractivity contribution in [3.8, 4) is 0 Å². The quantitative estimate of drug-likeness (QED) is 0.887. The van der Waals surface area contributed by atoms with Crippen molar-refractivity contribution < 1.29 is 18.3 Å². The molecule has 1 rings (SSSR count). The maximum atomic E-state index is 12.1. The second-order valence-electron chi connectivity index (χ2n) is 3.40. The molecular formula is C10H10BrClF3NO. The van der Waals surface area contributed by atoms with E-state index in [4.69, 9.17) is 16.7 Å². The largest absolute Gasteiger partial charge is 0.401 e. The van der Waals surface area contributed by atoms with Crippen LogP contribution in [0.3, 0.4) is 0 Å². The molecule has 0 saturated carbocycles. The summed E-state index contributed by atoms with van der Waals surface area (Å²) in [5.41, 5.74) is 0.490. The Morgan fingerprint density at radius 1 is 1.41 bits per heavy atom. The van der Waals surface area contributed by atoms with Gasteiger partial charge >= 0.3 is 6.18 Å². The molecule has 17 heavy (non-hydrogen) atoms. The van der Waals surface area contributed by atoms with Crippen LogP contribution in [0.1, 0.15) is 11.6 Å². The first kappa shape index (κ1) is 14.8. The van der Waals surface area contributed by atoms with Crippen LogP contribution < -0.4 is 5.32 Å². The number of halogens is 5. The highest BCUT2D eigenvalue weighted by Gasteiger charge is 2.28. The summed E-state index contributed by atoms with van der Waals surface area (Å²) in [6.45, 7) is -1.62. The molecular weight excluding hydrogens is 322 g/mol. The average molecular weight is 333 g/mol. The Morgan fingerprint density at radius 3 is 2.59 bits per heavy atom. The van der Waals surface area contributed by atoms with E-state index in [0.717, 1.165) is 0 Å². The van der Waals surface area contributed by atoms with Crippen LogP contribution in [-0.2, 0) is 0 Å².